The summed E-state index contributed by atoms with van der Waals surface area (Å²) in [6.07, 6.45) is 7.18. The van der Waals surface area contributed by atoms with Crippen molar-refractivity contribution in [1.29, 1.82) is 0 Å². The summed E-state index contributed by atoms with van der Waals surface area (Å²) in [5, 5.41) is 6.14. The van der Waals surface area contributed by atoms with Crippen LogP contribution in [0.25, 0.3) is 0 Å². The molecule has 0 radical (unpaired) electrons. The zero-order valence-corrected chi connectivity index (χ0v) is 20.0. The Morgan fingerprint density at radius 1 is 1.21 bits per heavy atom. The van der Waals surface area contributed by atoms with E-state index in [-0.39, 0.29) is 29.9 Å². The number of carbonyl (C=O) groups excluding carboxylic acids is 1. The van der Waals surface area contributed by atoms with Crippen LogP contribution in [0.3, 0.4) is 0 Å². The minimum Gasteiger partial charge on any atom is -0.359 e. The van der Waals surface area contributed by atoms with E-state index in [2.05, 4.69) is 44.5 Å². The second-order valence-electron chi connectivity index (χ2n) is 7.70. The summed E-state index contributed by atoms with van der Waals surface area (Å²) in [5.74, 6) is 2.66. The van der Waals surface area contributed by atoms with Crippen LogP contribution in [-0.4, -0.2) is 61.5 Å². The third-order valence-electron chi connectivity index (χ3n) is 5.65. The van der Waals surface area contributed by atoms with Gasteiger partial charge in [-0.25, -0.2) is 9.98 Å². The molecule has 2 N–H and O–H groups in total. The van der Waals surface area contributed by atoms with E-state index < -0.39 is 0 Å². The van der Waals surface area contributed by atoms with E-state index in [1.165, 1.54) is 12.8 Å². The summed E-state index contributed by atoms with van der Waals surface area (Å²) < 4.78 is 0. The Kier molecular flexibility index (Phi) is 9.96. The molecular weight excluding hydrogens is 479 g/mol. The number of aliphatic imine (C=N–C) groups is 1. The largest absolute Gasteiger partial charge is 0.359 e. The molecule has 2 saturated heterocycles. The first-order valence-electron chi connectivity index (χ1n) is 10.6. The summed E-state index contributed by atoms with van der Waals surface area (Å²) in [4.78, 5) is 25.7. The van der Waals surface area contributed by atoms with Gasteiger partial charge in [-0.05, 0) is 50.2 Å². The Morgan fingerprint density at radius 3 is 2.52 bits per heavy atom. The molecule has 3 heterocycles. The standard InChI is InChI=1S/C21H34N6O.HI/c1-3-23-21(27-12-8-17(9-13-27)14-20(28)22-2)25-16-18-6-7-19(24-15-18)26-10-4-5-11-26;/h6-7,15,17H,3-5,8-14,16H2,1-2H3,(H,22,28)(H,23,25);1H. The van der Waals surface area contributed by atoms with Crippen LogP contribution < -0.4 is 15.5 Å². The van der Waals surface area contributed by atoms with Crippen molar-refractivity contribution in [3.05, 3.63) is 23.9 Å². The summed E-state index contributed by atoms with van der Waals surface area (Å²) in [6.45, 7) is 7.70. The maximum absolute atomic E-state index is 11.6. The number of anilines is 1. The van der Waals surface area contributed by atoms with E-state index in [1.807, 2.05) is 6.20 Å². The quantitative estimate of drug-likeness (QED) is 0.347. The number of carbonyl (C=O) groups is 1. The molecular formula is C21H35IN6O. The zero-order chi connectivity index (χ0) is 19.8. The fraction of sp³-hybridized carbons (Fsp3) is 0.667. The van der Waals surface area contributed by atoms with Gasteiger partial charge in [0.1, 0.15) is 5.82 Å². The monoisotopic (exact) mass is 514 g/mol. The first kappa shape index (κ1) is 23.7. The number of guanidine groups is 1. The van der Waals surface area contributed by atoms with Crippen LogP contribution >= 0.6 is 24.0 Å². The molecule has 162 valence electrons. The van der Waals surface area contributed by atoms with Gasteiger partial charge < -0.3 is 20.4 Å². The van der Waals surface area contributed by atoms with Gasteiger partial charge in [0.2, 0.25) is 5.91 Å². The van der Waals surface area contributed by atoms with Crippen molar-refractivity contribution in [1.82, 2.24) is 20.5 Å². The molecule has 0 saturated carbocycles. The number of halogens is 1. The minimum absolute atomic E-state index is 0. The molecule has 1 aromatic rings. The third-order valence-corrected chi connectivity index (χ3v) is 5.65. The van der Waals surface area contributed by atoms with Crippen LogP contribution in [0, 0.1) is 5.92 Å². The highest BCUT2D eigenvalue weighted by atomic mass is 127. The molecule has 0 spiro atoms. The highest BCUT2D eigenvalue weighted by Gasteiger charge is 2.23. The van der Waals surface area contributed by atoms with Gasteiger partial charge in [0, 0.05) is 52.4 Å². The summed E-state index contributed by atoms with van der Waals surface area (Å²) in [7, 11) is 1.71. The molecule has 2 aliphatic heterocycles. The predicted molar refractivity (Wildman–Crippen MR) is 129 cm³/mol. The zero-order valence-electron chi connectivity index (χ0n) is 17.7. The lowest BCUT2D eigenvalue weighted by Gasteiger charge is -2.34. The summed E-state index contributed by atoms with van der Waals surface area (Å²) in [6, 6.07) is 4.26. The fourth-order valence-electron chi connectivity index (χ4n) is 3.95. The average Bonchev–Trinajstić information content (AvgIpc) is 3.27. The normalized spacial score (nSPS) is 17.8. The van der Waals surface area contributed by atoms with Gasteiger partial charge in [-0.2, -0.15) is 0 Å². The van der Waals surface area contributed by atoms with E-state index in [1.54, 1.807) is 7.05 Å². The Hall–Kier alpha value is -1.58. The molecule has 0 aromatic carbocycles. The molecule has 8 heteroatoms. The lowest BCUT2D eigenvalue weighted by molar-refractivity contribution is -0.121. The van der Waals surface area contributed by atoms with Crippen molar-refractivity contribution in [2.75, 3.05) is 44.7 Å². The van der Waals surface area contributed by atoms with E-state index in [0.29, 0.717) is 18.9 Å². The van der Waals surface area contributed by atoms with Crippen molar-refractivity contribution in [3.63, 3.8) is 0 Å². The van der Waals surface area contributed by atoms with Crippen LogP contribution in [0.4, 0.5) is 5.82 Å². The minimum atomic E-state index is 0. The first-order chi connectivity index (χ1) is 13.7. The molecule has 0 bridgehead atoms. The number of rotatable bonds is 6. The van der Waals surface area contributed by atoms with Crippen LogP contribution in [0.5, 0.6) is 0 Å². The molecule has 0 unspecified atom stereocenters. The SMILES string of the molecule is CCNC(=NCc1ccc(N2CCCC2)nc1)N1CCC(CC(=O)NC)CC1.I. The lowest BCUT2D eigenvalue weighted by Crippen LogP contribution is -2.46. The van der Waals surface area contributed by atoms with Gasteiger partial charge in [-0.3, -0.25) is 4.79 Å². The van der Waals surface area contributed by atoms with Crippen LogP contribution in [0.1, 0.15) is 44.6 Å². The molecule has 7 nitrogen and oxygen atoms in total. The lowest BCUT2D eigenvalue weighted by atomic mass is 9.93. The number of likely N-dealkylation sites (tertiary alicyclic amines) is 1. The summed E-state index contributed by atoms with van der Waals surface area (Å²) >= 11 is 0. The third kappa shape index (κ3) is 7.01. The number of aromatic nitrogens is 1. The first-order valence-corrected chi connectivity index (χ1v) is 10.6. The van der Waals surface area contributed by atoms with Crippen LogP contribution in [-0.2, 0) is 11.3 Å². The van der Waals surface area contributed by atoms with Crippen molar-refractivity contribution < 1.29 is 4.79 Å². The molecule has 0 atom stereocenters. The second-order valence-corrected chi connectivity index (χ2v) is 7.70. The number of nitrogens with zero attached hydrogens (tertiary/aromatic N) is 4. The number of amides is 1. The van der Waals surface area contributed by atoms with E-state index in [4.69, 9.17) is 4.99 Å². The van der Waals surface area contributed by atoms with Crippen molar-refractivity contribution in [2.45, 2.75) is 45.6 Å². The Balaban J connectivity index is 0.00000300. The van der Waals surface area contributed by atoms with Gasteiger partial charge in [-0.15, -0.1) is 24.0 Å². The van der Waals surface area contributed by atoms with Crippen LogP contribution in [0.15, 0.2) is 23.3 Å². The number of hydrogen-bond donors (Lipinski definition) is 2. The maximum Gasteiger partial charge on any atom is 0.220 e. The highest BCUT2D eigenvalue weighted by molar-refractivity contribution is 14.0. The highest BCUT2D eigenvalue weighted by Crippen LogP contribution is 2.21. The van der Waals surface area contributed by atoms with Gasteiger partial charge in [0.15, 0.2) is 5.96 Å². The molecule has 2 fully saturated rings. The van der Waals surface area contributed by atoms with Gasteiger partial charge in [0.25, 0.3) is 0 Å². The van der Waals surface area contributed by atoms with E-state index in [0.717, 1.165) is 62.9 Å². The molecule has 29 heavy (non-hydrogen) atoms. The van der Waals surface area contributed by atoms with Crippen LogP contribution in [0.2, 0.25) is 0 Å². The topological polar surface area (TPSA) is 72.9 Å². The summed E-state index contributed by atoms with van der Waals surface area (Å²) in [5.41, 5.74) is 1.13. The van der Waals surface area contributed by atoms with Crippen molar-refractivity contribution in [3.8, 4) is 0 Å². The Labute approximate surface area is 191 Å². The average molecular weight is 514 g/mol. The van der Waals surface area contributed by atoms with E-state index in [9.17, 15) is 4.79 Å². The van der Waals surface area contributed by atoms with E-state index >= 15 is 0 Å². The molecule has 1 aromatic heterocycles. The molecule has 2 aliphatic rings. The molecule has 1 amide bonds. The second kappa shape index (κ2) is 12.2. The fourth-order valence-corrected chi connectivity index (χ4v) is 3.95. The number of hydrogen-bond acceptors (Lipinski definition) is 4. The van der Waals surface area contributed by atoms with Crippen molar-refractivity contribution in [2.24, 2.45) is 10.9 Å². The van der Waals surface area contributed by atoms with Gasteiger partial charge in [0.05, 0.1) is 6.54 Å². The van der Waals surface area contributed by atoms with Gasteiger partial charge >= 0.3 is 0 Å². The molecule has 0 aliphatic carbocycles. The molecule has 3 rings (SSSR count). The smallest absolute Gasteiger partial charge is 0.220 e. The number of pyridine rings is 1. The Bertz CT molecular complexity index is 652. The van der Waals surface area contributed by atoms with Crippen molar-refractivity contribution >= 4 is 41.7 Å². The Morgan fingerprint density at radius 2 is 1.93 bits per heavy atom. The van der Waals surface area contributed by atoms with Gasteiger partial charge in [-0.1, -0.05) is 6.07 Å². The number of nitrogens with one attached hydrogen (secondary N) is 2. The maximum atomic E-state index is 11.6. The predicted octanol–water partition coefficient (Wildman–Crippen LogP) is 2.61. The number of piperidine rings is 1.